The fraction of sp³-hybridized carbons (Fsp3) is 0.581. The summed E-state index contributed by atoms with van der Waals surface area (Å²) in [5.74, 6) is 2.32. The van der Waals surface area contributed by atoms with Crippen LogP contribution in [-0.2, 0) is 4.79 Å². The Morgan fingerprint density at radius 3 is 1.97 bits per heavy atom. The Kier molecular flexibility index (Phi) is 7.20. The van der Waals surface area contributed by atoms with Crippen molar-refractivity contribution in [1.82, 2.24) is 5.32 Å². The first kappa shape index (κ1) is 24.4. The number of hydrogen-bond acceptors (Lipinski definition) is 2. The van der Waals surface area contributed by atoms with Gasteiger partial charge in [-0.15, -0.1) is 0 Å². The number of nitrogens with zero attached hydrogens (tertiary/aromatic N) is 1. The molecule has 1 saturated heterocycles. The number of rotatable bonds is 4. The highest BCUT2D eigenvalue weighted by Gasteiger charge is 2.37. The van der Waals surface area contributed by atoms with Gasteiger partial charge in [-0.3, -0.25) is 4.79 Å². The van der Waals surface area contributed by atoms with Crippen molar-refractivity contribution in [2.45, 2.75) is 83.6 Å². The molecular weight excluding hydrogens is 432 g/mol. The summed E-state index contributed by atoms with van der Waals surface area (Å²) < 4.78 is 7.42. The molecule has 0 radical (unpaired) electrons. The first-order valence-corrected chi connectivity index (χ1v) is 13.9. The molecular formula is C31H43N2O2+. The average molecular weight is 476 g/mol. The van der Waals surface area contributed by atoms with Crippen molar-refractivity contribution in [3.8, 4) is 11.5 Å². The summed E-state index contributed by atoms with van der Waals surface area (Å²) in [6.07, 6.45) is 12.1. The number of benzene rings is 2. The first-order chi connectivity index (χ1) is 16.9. The van der Waals surface area contributed by atoms with Crippen LogP contribution in [0.15, 0.2) is 36.4 Å². The molecule has 2 heterocycles. The maximum atomic E-state index is 13.7. The second-order valence-corrected chi connectivity index (χ2v) is 11.9. The monoisotopic (exact) mass is 475 g/mol. The van der Waals surface area contributed by atoms with Crippen molar-refractivity contribution < 1.29 is 14.0 Å². The third kappa shape index (κ3) is 5.58. The standard InChI is InChI=1S/C31H42N2O2/c1-22-11-13-26-28(19-22)35-29-20-23(2)12-14-27(29)30(26)31(34)32-25-15-17-33(3,18-16-25)21-24-9-7-5-4-6-8-10-24/h11-14,19-20,24-25,30H,4-10,15-18,21H2,1-3H3/p+1. The molecule has 2 fully saturated rings. The van der Waals surface area contributed by atoms with E-state index in [0.717, 1.165) is 52.5 Å². The van der Waals surface area contributed by atoms with E-state index in [1.54, 1.807) is 0 Å². The highest BCUT2D eigenvalue weighted by Crippen LogP contribution is 2.45. The molecule has 1 saturated carbocycles. The van der Waals surface area contributed by atoms with Crippen LogP contribution in [0.5, 0.6) is 11.5 Å². The van der Waals surface area contributed by atoms with Gasteiger partial charge in [-0.25, -0.2) is 0 Å². The highest BCUT2D eigenvalue weighted by atomic mass is 16.5. The Hall–Kier alpha value is -2.33. The molecule has 188 valence electrons. The number of quaternary nitrogens is 1. The number of ether oxygens (including phenoxy) is 1. The number of carbonyl (C=O) groups excluding carboxylic acids is 1. The van der Waals surface area contributed by atoms with Crippen LogP contribution in [-0.4, -0.2) is 43.1 Å². The molecule has 1 N–H and O–H groups in total. The molecule has 35 heavy (non-hydrogen) atoms. The van der Waals surface area contributed by atoms with Crippen LogP contribution >= 0.6 is 0 Å². The van der Waals surface area contributed by atoms with Gasteiger partial charge in [0, 0.05) is 35.9 Å². The SMILES string of the molecule is Cc1ccc2c(c1)Oc1cc(C)ccc1C2C(=O)NC1CC[N+](C)(CC2CCCCCCC2)CC1. The maximum Gasteiger partial charge on any atom is 0.232 e. The predicted molar refractivity (Wildman–Crippen MR) is 142 cm³/mol. The Labute approximate surface area is 211 Å². The Morgan fingerprint density at radius 2 is 1.40 bits per heavy atom. The molecule has 3 aliphatic rings. The van der Waals surface area contributed by atoms with E-state index in [1.165, 1.54) is 69.1 Å². The minimum Gasteiger partial charge on any atom is -0.457 e. The number of hydrogen-bond donors (Lipinski definition) is 1. The number of piperidine rings is 1. The van der Waals surface area contributed by atoms with E-state index >= 15 is 0 Å². The van der Waals surface area contributed by atoms with E-state index < -0.39 is 0 Å². The summed E-state index contributed by atoms with van der Waals surface area (Å²) in [5, 5.41) is 3.45. The zero-order valence-corrected chi connectivity index (χ0v) is 21.9. The van der Waals surface area contributed by atoms with Crippen molar-refractivity contribution in [2.75, 3.05) is 26.7 Å². The summed E-state index contributed by atoms with van der Waals surface area (Å²) in [6.45, 7) is 7.79. The van der Waals surface area contributed by atoms with Crippen LogP contribution in [0.25, 0.3) is 0 Å². The second kappa shape index (κ2) is 10.3. The van der Waals surface area contributed by atoms with Crippen molar-refractivity contribution in [1.29, 1.82) is 0 Å². The fourth-order valence-electron chi connectivity index (χ4n) is 6.65. The minimum absolute atomic E-state index is 0.115. The Bertz CT molecular complexity index is 994. The van der Waals surface area contributed by atoms with Crippen molar-refractivity contribution >= 4 is 5.91 Å². The lowest BCUT2D eigenvalue weighted by Gasteiger charge is -2.43. The lowest BCUT2D eigenvalue weighted by atomic mass is 9.85. The molecule has 5 rings (SSSR count). The summed E-state index contributed by atoms with van der Waals surface area (Å²) >= 11 is 0. The van der Waals surface area contributed by atoms with Crippen LogP contribution in [0.4, 0.5) is 0 Å². The molecule has 2 aliphatic heterocycles. The summed E-state index contributed by atoms with van der Waals surface area (Å²) in [4.78, 5) is 13.7. The third-order valence-electron chi connectivity index (χ3n) is 8.75. The van der Waals surface area contributed by atoms with Crippen molar-refractivity contribution in [2.24, 2.45) is 5.92 Å². The first-order valence-electron chi connectivity index (χ1n) is 13.9. The average Bonchev–Trinajstić information content (AvgIpc) is 2.80. The number of carbonyl (C=O) groups is 1. The van der Waals surface area contributed by atoms with Gasteiger partial charge in [0.15, 0.2) is 0 Å². The molecule has 2 aromatic carbocycles. The predicted octanol–water partition coefficient (Wildman–Crippen LogP) is 6.63. The van der Waals surface area contributed by atoms with Crippen LogP contribution < -0.4 is 10.1 Å². The van der Waals surface area contributed by atoms with Gasteiger partial charge in [0.05, 0.1) is 32.6 Å². The zero-order valence-electron chi connectivity index (χ0n) is 21.9. The van der Waals surface area contributed by atoms with Gasteiger partial charge in [-0.05, 0) is 49.9 Å². The molecule has 4 heteroatoms. The van der Waals surface area contributed by atoms with Crippen molar-refractivity contribution in [3.63, 3.8) is 0 Å². The number of fused-ring (bicyclic) bond motifs is 2. The van der Waals surface area contributed by atoms with E-state index in [1.807, 2.05) is 0 Å². The van der Waals surface area contributed by atoms with E-state index in [9.17, 15) is 4.79 Å². The van der Waals surface area contributed by atoms with Gasteiger partial charge in [0.1, 0.15) is 11.5 Å². The van der Waals surface area contributed by atoms with Crippen molar-refractivity contribution in [3.05, 3.63) is 58.7 Å². The molecule has 0 atom stereocenters. The van der Waals surface area contributed by atoms with E-state index in [4.69, 9.17) is 4.74 Å². The second-order valence-electron chi connectivity index (χ2n) is 11.9. The lowest BCUT2D eigenvalue weighted by Crippen LogP contribution is -2.56. The fourth-order valence-corrected chi connectivity index (χ4v) is 6.65. The van der Waals surface area contributed by atoms with Gasteiger partial charge in [-0.1, -0.05) is 56.4 Å². The summed E-state index contributed by atoms with van der Waals surface area (Å²) in [7, 11) is 2.45. The van der Waals surface area contributed by atoms with Crippen LogP contribution in [0.1, 0.15) is 86.0 Å². The van der Waals surface area contributed by atoms with Crippen LogP contribution in [0.2, 0.25) is 0 Å². The lowest BCUT2D eigenvalue weighted by molar-refractivity contribution is -0.917. The van der Waals surface area contributed by atoms with Gasteiger partial charge in [-0.2, -0.15) is 0 Å². The minimum atomic E-state index is -0.312. The molecule has 0 spiro atoms. The van der Waals surface area contributed by atoms with Gasteiger partial charge in [0.2, 0.25) is 5.91 Å². The normalized spacial score (nSPS) is 25.5. The number of likely N-dealkylation sites (tertiary alicyclic amines) is 1. The number of aryl methyl sites for hydroxylation is 2. The molecule has 0 aromatic heterocycles. The Balaban J connectivity index is 1.25. The molecule has 1 aliphatic carbocycles. The topological polar surface area (TPSA) is 38.3 Å². The van der Waals surface area contributed by atoms with Gasteiger partial charge < -0.3 is 14.5 Å². The maximum absolute atomic E-state index is 13.7. The van der Waals surface area contributed by atoms with Crippen LogP contribution in [0.3, 0.4) is 0 Å². The number of nitrogens with one attached hydrogen (secondary N) is 1. The van der Waals surface area contributed by atoms with Gasteiger partial charge >= 0.3 is 0 Å². The zero-order chi connectivity index (χ0) is 24.4. The third-order valence-corrected chi connectivity index (χ3v) is 8.75. The van der Waals surface area contributed by atoms with Crippen LogP contribution in [0, 0.1) is 19.8 Å². The van der Waals surface area contributed by atoms with E-state index in [0.29, 0.717) is 0 Å². The van der Waals surface area contributed by atoms with Gasteiger partial charge in [0.25, 0.3) is 0 Å². The molecule has 4 nitrogen and oxygen atoms in total. The van der Waals surface area contributed by atoms with E-state index in [-0.39, 0.29) is 17.9 Å². The summed E-state index contributed by atoms with van der Waals surface area (Å²) in [6, 6.07) is 12.7. The molecule has 2 aromatic rings. The molecule has 0 unspecified atom stereocenters. The summed E-state index contributed by atoms with van der Waals surface area (Å²) in [5.41, 5.74) is 4.25. The number of amides is 1. The smallest absolute Gasteiger partial charge is 0.232 e. The van der Waals surface area contributed by atoms with E-state index in [2.05, 4.69) is 62.6 Å². The Morgan fingerprint density at radius 1 is 0.857 bits per heavy atom. The quantitative estimate of drug-likeness (QED) is 0.504. The molecule has 0 bridgehead atoms. The molecule has 1 amide bonds. The highest BCUT2D eigenvalue weighted by molar-refractivity contribution is 5.90. The largest absolute Gasteiger partial charge is 0.457 e.